The van der Waals surface area contributed by atoms with Crippen molar-refractivity contribution in [2.45, 2.75) is 6.42 Å². The highest BCUT2D eigenvalue weighted by atomic mass is 16.1. The van der Waals surface area contributed by atoms with Crippen LogP contribution in [0.4, 0.5) is 0 Å². The van der Waals surface area contributed by atoms with E-state index in [4.69, 9.17) is 10.7 Å². The van der Waals surface area contributed by atoms with Crippen molar-refractivity contribution >= 4 is 11.9 Å². The third-order valence-corrected chi connectivity index (χ3v) is 0.411. The van der Waals surface area contributed by atoms with Gasteiger partial charge in [0.05, 0.1) is 12.1 Å². The Balaban J connectivity index is 3.70. The van der Waals surface area contributed by atoms with Crippen LogP contribution < -0.4 is 0 Å². The second kappa shape index (κ2) is 3.72. The van der Waals surface area contributed by atoms with E-state index in [0.29, 0.717) is 0 Å². The molecule has 0 radical (unpaired) electrons. The minimum Gasteiger partial charge on any atom is -0.271 e. The monoisotopic (exact) mass is 109 g/mol. The Bertz CT molecular complexity index is 172. The first-order chi connectivity index (χ1) is 3.81. The van der Waals surface area contributed by atoms with E-state index in [1.807, 2.05) is 0 Å². The number of aliphatic imine (C=N–C) groups is 1. The molecule has 0 saturated carbocycles. The highest BCUT2D eigenvalue weighted by Gasteiger charge is 1.91. The molecule has 0 saturated heterocycles. The second-order valence-electron chi connectivity index (χ2n) is 0.952. The van der Waals surface area contributed by atoms with Crippen LogP contribution in [-0.4, -0.2) is 11.9 Å². The number of nitrogens with one attached hydrogen (secondary N) is 1. The summed E-state index contributed by atoms with van der Waals surface area (Å²) in [5.41, 5.74) is 0. The lowest BCUT2D eigenvalue weighted by molar-refractivity contribution is -0.116. The molecule has 0 rings (SSSR count). The van der Waals surface area contributed by atoms with Gasteiger partial charge in [0, 0.05) is 0 Å². The predicted octanol–water partition coefficient (Wildman–Crippen LogP) is 0.179. The number of carbonyl (C=O) groups excluding carboxylic acids is 1. The largest absolute Gasteiger partial charge is 0.271 e. The summed E-state index contributed by atoms with van der Waals surface area (Å²) >= 11 is 0. The van der Waals surface area contributed by atoms with Crippen molar-refractivity contribution in [3.05, 3.63) is 0 Å². The predicted molar refractivity (Wildman–Crippen MR) is 25.4 cm³/mol. The van der Waals surface area contributed by atoms with Crippen molar-refractivity contribution < 1.29 is 4.79 Å². The lowest BCUT2D eigenvalue weighted by Gasteiger charge is -1.72. The van der Waals surface area contributed by atoms with E-state index in [9.17, 15) is 4.79 Å². The number of nitrogens with zero attached hydrogens (tertiary/aromatic N) is 2. The van der Waals surface area contributed by atoms with Gasteiger partial charge in [-0.15, -0.1) is 4.99 Å². The maximum absolute atomic E-state index is 10.1. The number of nitriles is 1. The molecule has 0 bridgehead atoms. The number of rotatable bonds is 1. The highest BCUT2D eigenvalue weighted by molar-refractivity contribution is 5.83. The zero-order valence-electron chi connectivity index (χ0n) is 4.01. The van der Waals surface area contributed by atoms with E-state index in [0.717, 1.165) is 0 Å². The van der Waals surface area contributed by atoms with E-state index < -0.39 is 5.91 Å². The fraction of sp³-hybridized carbons (Fsp3) is 0.250. The van der Waals surface area contributed by atoms with Gasteiger partial charge in [-0.2, -0.15) is 5.26 Å². The van der Waals surface area contributed by atoms with E-state index in [-0.39, 0.29) is 6.42 Å². The molecule has 0 aromatic rings. The van der Waals surface area contributed by atoms with Crippen LogP contribution in [-0.2, 0) is 4.79 Å². The Morgan fingerprint density at radius 3 is 2.88 bits per heavy atom. The lowest BCUT2D eigenvalue weighted by Crippen LogP contribution is -1.87. The summed E-state index contributed by atoms with van der Waals surface area (Å²) in [6, 6.07) is 3.11. The van der Waals surface area contributed by atoms with Crippen LogP contribution in [0.5, 0.6) is 0 Å². The summed E-state index contributed by atoms with van der Waals surface area (Å²) in [5, 5.41) is 14.0. The number of amides is 1. The zero-order chi connectivity index (χ0) is 6.41. The Morgan fingerprint density at radius 2 is 2.50 bits per heavy atom. The zero-order valence-corrected chi connectivity index (χ0v) is 4.01. The van der Waals surface area contributed by atoms with Crippen molar-refractivity contribution in [1.82, 2.24) is 0 Å². The molecule has 0 aromatic heterocycles. The number of carbonyl (C=O) groups is 1. The highest BCUT2D eigenvalue weighted by Crippen LogP contribution is 1.77. The normalized spacial score (nSPS) is 6.38. The van der Waals surface area contributed by atoms with Gasteiger partial charge in [0.25, 0.3) is 5.91 Å². The average Bonchev–Trinajstić information content (AvgIpc) is 1.68. The van der Waals surface area contributed by atoms with Gasteiger partial charge in [0.15, 0.2) is 0 Å². The minimum atomic E-state index is -0.623. The van der Waals surface area contributed by atoms with Gasteiger partial charge in [-0.3, -0.25) is 4.79 Å². The first-order valence-electron chi connectivity index (χ1n) is 1.83. The molecular formula is C4H3N3O. The maximum Gasteiger partial charge on any atom is 0.269 e. The van der Waals surface area contributed by atoms with Crippen molar-refractivity contribution in [2.24, 2.45) is 4.99 Å². The lowest BCUT2D eigenvalue weighted by atomic mass is 10.5. The molecule has 0 aliphatic carbocycles. The van der Waals surface area contributed by atoms with Crippen LogP contribution in [0, 0.1) is 16.7 Å². The summed E-state index contributed by atoms with van der Waals surface area (Å²) in [6.07, 6.45) is -0.272. The van der Waals surface area contributed by atoms with Crippen molar-refractivity contribution in [1.29, 1.82) is 10.7 Å². The molecule has 4 heteroatoms. The van der Waals surface area contributed by atoms with E-state index in [1.54, 1.807) is 6.07 Å². The van der Waals surface area contributed by atoms with Gasteiger partial charge in [0.1, 0.15) is 6.42 Å². The quantitative estimate of drug-likeness (QED) is 0.487. The van der Waals surface area contributed by atoms with Crippen LogP contribution in [0.1, 0.15) is 6.42 Å². The average molecular weight is 109 g/mol. The summed E-state index contributed by atoms with van der Waals surface area (Å²) in [7, 11) is 0. The van der Waals surface area contributed by atoms with Crippen LogP contribution in [0.15, 0.2) is 4.99 Å². The van der Waals surface area contributed by atoms with Crippen molar-refractivity contribution in [2.75, 3.05) is 0 Å². The maximum atomic E-state index is 10.1. The Morgan fingerprint density at radius 1 is 1.88 bits per heavy atom. The molecule has 0 heterocycles. The van der Waals surface area contributed by atoms with E-state index in [2.05, 4.69) is 4.99 Å². The topological polar surface area (TPSA) is 77.1 Å². The van der Waals surface area contributed by atoms with Crippen LogP contribution in [0.25, 0.3) is 0 Å². The Labute approximate surface area is 46.0 Å². The SMILES string of the molecule is N#CCC(=O)N=C=N. The van der Waals surface area contributed by atoms with Gasteiger partial charge < -0.3 is 0 Å². The summed E-state index contributed by atoms with van der Waals surface area (Å²) in [5.74, 6) is -0.623. The van der Waals surface area contributed by atoms with E-state index >= 15 is 0 Å². The summed E-state index contributed by atoms with van der Waals surface area (Å²) in [4.78, 5) is 12.9. The van der Waals surface area contributed by atoms with Gasteiger partial charge >= 0.3 is 0 Å². The number of hydrogen-bond donors (Lipinski definition) is 1. The Kier molecular flexibility index (Phi) is 3.04. The molecule has 0 atom stereocenters. The smallest absolute Gasteiger partial charge is 0.269 e. The first kappa shape index (κ1) is 6.54. The molecule has 0 fully saturated rings. The molecular weight excluding hydrogens is 106 g/mol. The molecule has 0 aromatic carbocycles. The molecule has 0 aliphatic rings. The van der Waals surface area contributed by atoms with Crippen LogP contribution >= 0.6 is 0 Å². The molecule has 4 nitrogen and oxygen atoms in total. The van der Waals surface area contributed by atoms with Crippen LogP contribution in [0.2, 0.25) is 0 Å². The third kappa shape index (κ3) is 2.76. The first-order valence-corrected chi connectivity index (χ1v) is 1.83. The van der Waals surface area contributed by atoms with Crippen molar-refractivity contribution in [3.8, 4) is 6.07 Å². The number of hydrogen-bond acceptors (Lipinski definition) is 3. The third-order valence-electron chi connectivity index (χ3n) is 0.411. The fourth-order valence-electron chi connectivity index (χ4n) is 0.170. The second-order valence-corrected chi connectivity index (χ2v) is 0.952. The van der Waals surface area contributed by atoms with Gasteiger partial charge in [0.2, 0.25) is 0 Å². The molecule has 40 valence electrons. The molecule has 0 unspecified atom stereocenters. The summed E-state index contributed by atoms with van der Waals surface area (Å²) in [6.45, 7) is 0. The standard InChI is InChI=1S/C4H3N3O/c5-2-1-4(8)7-3-6/h6H,1H2. The molecule has 8 heavy (non-hydrogen) atoms. The molecule has 0 spiro atoms. The molecule has 0 aliphatic heterocycles. The fourth-order valence-corrected chi connectivity index (χ4v) is 0.170. The van der Waals surface area contributed by atoms with Gasteiger partial charge in [-0.25, -0.2) is 5.41 Å². The summed E-state index contributed by atoms with van der Waals surface area (Å²) < 4.78 is 0. The Hall–Kier alpha value is -1.46. The minimum absolute atomic E-state index is 0.272. The van der Waals surface area contributed by atoms with Crippen molar-refractivity contribution in [3.63, 3.8) is 0 Å². The van der Waals surface area contributed by atoms with Gasteiger partial charge in [-0.1, -0.05) is 0 Å². The van der Waals surface area contributed by atoms with Gasteiger partial charge in [-0.05, 0) is 0 Å². The molecule has 1 N–H and O–H groups in total. The van der Waals surface area contributed by atoms with Crippen LogP contribution in [0.3, 0.4) is 0 Å². The van der Waals surface area contributed by atoms with E-state index in [1.165, 1.54) is 6.01 Å². The molecule has 1 amide bonds.